The molecule has 0 N–H and O–H groups in total. The summed E-state index contributed by atoms with van der Waals surface area (Å²) in [5.41, 5.74) is 2.85. The lowest BCUT2D eigenvalue weighted by Crippen LogP contribution is -2.19. The molecule has 2 rings (SSSR count). The summed E-state index contributed by atoms with van der Waals surface area (Å²) >= 11 is 0. The van der Waals surface area contributed by atoms with Gasteiger partial charge in [0.25, 0.3) is 0 Å². The Bertz CT molecular complexity index is 404. The fourth-order valence-electron chi connectivity index (χ4n) is 2.10. The number of ether oxygens (including phenoxy) is 1. The third-order valence-electron chi connectivity index (χ3n) is 3.28. The lowest BCUT2D eigenvalue weighted by molar-refractivity contribution is 0.179. The summed E-state index contributed by atoms with van der Waals surface area (Å²) in [5.74, 6) is 1.71. The van der Waals surface area contributed by atoms with Gasteiger partial charge in [0.15, 0.2) is 0 Å². The Labute approximate surface area is 96.9 Å². The summed E-state index contributed by atoms with van der Waals surface area (Å²) in [6, 6.07) is 5.95. The molecule has 0 spiro atoms. The number of hydrogen-bond donors (Lipinski definition) is 0. The van der Waals surface area contributed by atoms with Gasteiger partial charge in [-0.05, 0) is 55.9 Å². The third-order valence-corrected chi connectivity index (χ3v) is 3.28. The van der Waals surface area contributed by atoms with Gasteiger partial charge in [-0.2, -0.15) is 5.26 Å². The van der Waals surface area contributed by atoms with Crippen LogP contribution in [-0.2, 0) is 0 Å². The molecule has 2 heteroatoms. The summed E-state index contributed by atoms with van der Waals surface area (Å²) in [7, 11) is 0. The zero-order valence-electron chi connectivity index (χ0n) is 9.92. The van der Waals surface area contributed by atoms with E-state index in [2.05, 4.69) is 6.07 Å². The lowest BCUT2D eigenvalue weighted by atomic mass is 9.86. The van der Waals surface area contributed by atoms with Gasteiger partial charge < -0.3 is 4.74 Å². The van der Waals surface area contributed by atoms with E-state index in [0.29, 0.717) is 5.56 Å². The van der Waals surface area contributed by atoms with Gasteiger partial charge >= 0.3 is 0 Å². The Hall–Kier alpha value is -1.49. The van der Waals surface area contributed by atoms with E-state index in [1.54, 1.807) is 0 Å². The predicted octanol–water partition coefficient (Wildman–Crippen LogP) is 3.35. The van der Waals surface area contributed by atoms with E-state index in [0.717, 1.165) is 29.4 Å². The van der Waals surface area contributed by atoms with Crippen molar-refractivity contribution in [1.82, 2.24) is 0 Å². The Balaban J connectivity index is 2.10. The summed E-state index contributed by atoms with van der Waals surface area (Å²) < 4.78 is 5.86. The number of hydrogen-bond acceptors (Lipinski definition) is 2. The monoisotopic (exact) mass is 215 g/mol. The Kier molecular flexibility index (Phi) is 3.14. The van der Waals surface area contributed by atoms with Crippen molar-refractivity contribution in [3.63, 3.8) is 0 Å². The minimum atomic E-state index is 0.714. The van der Waals surface area contributed by atoms with Crippen LogP contribution in [-0.4, -0.2) is 6.61 Å². The Morgan fingerprint density at radius 3 is 2.38 bits per heavy atom. The summed E-state index contributed by atoms with van der Waals surface area (Å²) in [6.45, 7) is 4.83. The van der Waals surface area contributed by atoms with Crippen molar-refractivity contribution in [2.24, 2.45) is 5.92 Å². The SMILES string of the molecule is Cc1cc(C#N)cc(C)c1OCC1CCC1. The molecule has 1 aromatic rings. The van der Waals surface area contributed by atoms with Gasteiger partial charge in [0.1, 0.15) is 5.75 Å². The van der Waals surface area contributed by atoms with Crippen LogP contribution in [0.4, 0.5) is 0 Å². The molecule has 0 bridgehead atoms. The largest absolute Gasteiger partial charge is 0.493 e. The van der Waals surface area contributed by atoms with Gasteiger partial charge in [-0.15, -0.1) is 0 Å². The highest BCUT2D eigenvalue weighted by atomic mass is 16.5. The normalized spacial score (nSPS) is 15.3. The molecule has 84 valence electrons. The van der Waals surface area contributed by atoms with E-state index < -0.39 is 0 Å². The number of nitriles is 1. The van der Waals surface area contributed by atoms with Crippen LogP contribution in [0.5, 0.6) is 5.75 Å². The third kappa shape index (κ3) is 2.19. The predicted molar refractivity (Wildman–Crippen MR) is 63.5 cm³/mol. The molecule has 0 radical (unpaired) electrons. The Morgan fingerprint density at radius 2 is 1.94 bits per heavy atom. The number of rotatable bonds is 3. The first-order chi connectivity index (χ1) is 7.70. The molecule has 0 atom stereocenters. The molecule has 1 aliphatic carbocycles. The van der Waals surface area contributed by atoms with Crippen molar-refractivity contribution >= 4 is 0 Å². The van der Waals surface area contributed by atoms with Crippen LogP contribution in [0.15, 0.2) is 12.1 Å². The van der Waals surface area contributed by atoms with Crippen molar-refractivity contribution in [2.45, 2.75) is 33.1 Å². The molecule has 2 nitrogen and oxygen atoms in total. The maximum absolute atomic E-state index is 8.85. The molecule has 1 aliphatic rings. The highest BCUT2D eigenvalue weighted by Gasteiger charge is 2.18. The molecule has 0 unspecified atom stereocenters. The summed E-state index contributed by atoms with van der Waals surface area (Å²) in [5, 5.41) is 8.85. The van der Waals surface area contributed by atoms with Gasteiger partial charge in [0.05, 0.1) is 18.2 Å². The Morgan fingerprint density at radius 1 is 1.31 bits per heavy atom. The van der Waals surface area contributed by atoms with E-state index in [4.69, 9.17) is 10.00 Å². The van der Waals surface area contributed by atoms with E-state index in [9.17, 15) is 0 Å². The lowest BCUT2D eigenvalue weighted by Gasteiger charge is -2.26. The minimum Gasteiger partial charge on any atom is -0.493 e. The summed E-state index contributed by atoms with van der Waals surface area (Å²) in [4.78, 5) is 0. The van der Waals surface area contributed by atoms with Crippen LogP contribution in [0.3, 0.4) is 0 Å². The average Bonchev–Trinajstić information content (AvgIpc) is 2.19. The maximum Gasteiger partial charge on any atom is 0.125 e. The molecule has 1 aromatic carbocycles. The van der Waals surface area contributed by atoms with Gasteiger partial charge in [-0.25, -0.2) is 0 Å². The van der Waals surface area contributed by atoms with Crippen molar-refractivity contribution in [1.29, 1.82) is 5.26 Å². The van der Waals surface area contributed by atoms with Crippen LogP contribution in [0.25, 0.3) is 0 Å². The highest BCUT2D eigenvalue weighted by Crippen LogP contribution is 2.30. The molecule has 16 heavy (non-hydrogen) atoms. The van der Waals surface area contributed by atoms with E-state index >= 15 is 0 Å². The zero-order chi connectivity index (χ0) is 11.5. The van der Waals surface area contributed by atoms with Crippen LogP contribution in [0.2, 0.25) is 0 Å². The second kappa shape index (κ2) is 4.57. The van der Waals surface area contributed by atoms with Gasteiger partial charge in [-0.1, -0.05) is 6.42 Å². The summed E-state index contributed by atoms with van der Waals surface area (Å²) in [6.07, 6.45) is 3.95. The van der Waals surface area contributed by atoms with Crippen molar-refractivity contribution in [3.05, 3.63) is 28.8 Å². The van der Waals surface area contributed by atoms with Gasteiger partial charge in [0.2, 0.25) is 0 Å². The number of aryl methyl sites for hydroxylation is 2. The first kappa shape index (κ1) is 11.0. The number of benzene rings is 1. The molecule has 1 saturated carbocycles. The topological polar surface area (TPSA) is 33.0 Å². The maximum atomic E-state index is 8.85. The molecule has 0 aromatic heterocycles. The molecule has 0 saturated heterocycles. The molecular formula is C14H17NO. The standard InChI is InChI=1S/C14H17NO/c1-10-6-13(8-15)7-11(2)14(10)16-9-12-4-3-5-12/h6-7,12H,3-5,9H2,1-2H3. The minimum absolute atomic E-state index is 0.714. The van der Waals surface area contributed by atoms with Crippen LogP contribution in [0, 0.1) is 31.1 Å². The fraction of sp³-hybridized carbons (Fsp3) is 0.500. The molecule has 1 fully saturated rings. The quantitative estimate of drug-likeness (QED) is 0.774. The highest BCUT2D eigenvalue weighted by molar-refractivity contribution is 5.47. The molecular weight excluding hydrogens is 198 g/mol. The first-order valence-corrected chi connectivity index (χ1v) is 5.85. The molecule has 0 amide bonds. The van der Waals surface area contributed by atoms with E-state index in [1.807, 2.05) is 26.0 Å². The van der Waals surface area contributed by atoms with E-state index in [-0.39, 0.29) is 0 Å². The van der Waals surface area contributed by atoms with Crippen molar-refractivity contribution in [3.8, 4) is 11.8 Å². The smallest absolute Gasteiger partial charge is 0.125 e. The van der Waals surface area contributed by atoms with Crippen molar-refractivity contribution in [2.75, 3.05) is 6.61 Å². The number of nitrogens with zero attached hydrogens (tertiary/aromatic N) is 1. The molecule has 0 aliphatic heterocycles. The van der Waals surface area contributed by atoms with Crippen molar-refractivity contribution < 1.29 is 4.74 Å². The van der Waals surface area contributed by atoms with Gasteiger partial charge in [0, 0.05) is 0 Å². The first-order valence-electron chi connectivity index (χ1n) is 5.85. The van der Waals surface area contributed by atoms with Crippen LogP contribution >= 0.6 is 0 Å². The van der Waals surface area contributed by atoms with Crippen LogP contribution < -0.4 is 4.74 Å². The van der Waals surface area contributed by atoms with Gasteiger partial charge in [-0.3, -0.25) is 0 Å². The van der Waals surface area contributed by atoms with E-state index in [1.165, 1.54) is 19.3 Å². The second-order valence-corrected chi connectivity index (χ2v) is 4.66. The zero-order valence-corrected chi connectivity index (χ0v) is 9.92. The fourth-order valence-corrected chi connectivity index (χ4v) is 2.10. The molecule has 0 heterocycles. The average molecular weight is 215 g/mol. The van der Waals surface area contributed by atoms with Crippen LogP contribution in [0.1, 0.15) is 36.0 Å². The second-order valence-electron chi connectivity index (χ2n) is 4.66.